The maximum absolute atomic E-state index is 13.8. The SMILES string of the molecule is COc1cc(-c2n[nH]c3ccc(NC(=O)[C@]4(SC)CCN(CC(=O)N5CC=C(c6ccc(-c7ncccn7)cc6)CC5)C4)cc23)ccn1. The van der Waals surface area contributed by atoms with Crippen molar-refractivity contribution in [3.8, 4) is 28.5 Å². The number of carbonyl (C=O) groups excluding carboxylic acids is 2. The number of carbonyl (C=O) groups is 2. The number of aromatic amines is 1. The third kappa shape index (κ3) is 6.41. The summed E-state index contributed by atoms with van der Waals surface area (Å²) in [5.74, 6) is 1.23. The summed E-state index contributed by atoms with van der Waals surface area (Å²) in [6.45, 7) is 2.73. The van der Waals surface area contributed by atoms with E-state index >= 15 is 0 Å². The molecule has 1 fully saturated rings. The van der Waals surface area contributed by atoms with Crippen molar-refractivity contribution in [2.45, 2.75) is 17.6 Å². The van der Waals surface area contributed by atoms with Gasteiger partial charge in [0.05, 0.1) is 19.2 Å². The van der Waals surface area contributed by atoms with Crippen LogP contribution < -0.4 is 10.1 Å². The van der Waals surface area contributed by atoms with E-state index in [1.165, 1.54) is 5.57 Å². The largest absolute Gasteiger partial charge is 0.481 e. The van der Waals surface area contributed by atoms with Gasteiger partial charge in [-0.15, -0.1) is 11.8 Å². The number of H-pyrrole nitrogens is 1. The number of rotatable bonds is 9. The predicted octanol–water partition coefficient (Wildman–Crippen LogP) is 5.15. The number of methoxy groups -OCH3 is 1. The molecule has 11 nitrogen and oxygen atoms in total. The van der Waals surface area contributed by atoms with Crippen LogP contribution in [0.25, 0.3) is 39.1 Å². The highest BCUT2D eigenvalue weighted by molar-refractivity contribution is 8.00. The van der Waals surface area contributed by atoms with Crippen LogP contribution in [0.15, 0.2) is 85.3 Å². The second kappa shape index (κ2) is 13.6. The van der Waals surface area contributed by atoms with Crippen LogP contribution in [0.5, 0.6) is 5.88 Å². The third-order valence-corrected chi connectivity index (χ3v) is 10.5. The molecule has 0 aliphatic carbocycles. The van der Waals surface area contributed by atoms with Gasteiger partial charge in [-0.1, -0.05) is 30.3 Å². The van der Waals surface area contributed by atoms with E-state index in [-0.39, 0.29) is 11.8 Å². The lowest BCUT2D eigenvalue weighted by atomic mass is 9.98. The Bertz CT molecular complexity index is 1980. The molecule has 2 aliphatic heterocycles. The minimum absolute atomic E-state index is 0.0599. The highest BCUT2D eigenvalue weighted by Gasteiger charge is 2.44. The summed E-state index contributed by atoms with van der Waals surface area (Å²) >= 11 is 1.55. The van der Waals surface area contributed by atoms with Crippen molar-refractivity contribution in [3.63, 3.8) is 0 Å². The first-order chi connectivity index (χ1) is 23.4. The average Bonchev–Trinajstić information content (AvgIpc) is 3.77. The van der Waals surface area contributed by atoms with E-state index in [1.54, 1.807) is 43.5 Å². The summed E-state index contributed by atoms with van der Waals surface area (Å²) in [5, 5.41) is 11.6. The molecule has 2 aromatic carbocycles. The molecule has 0 saturated carbocycles. The standard InChI is InChI=1S/C36H36N8O3S/c1-47-31-20-27(10-16-37-31)33-29-21-28(8-9-30(29)41-42-33)40-35(46)36(48-2)13-19-43(23-36)22-32(45)44-17-11-25(12-18-44)24-4-6-26(7-5-24)34-38-14-3-15-39-34/h3-11,14-16,20-21H,12-13,17-19,22-23H2,1-2H3,(H,40,46)(H,41,42)/t36-/m0/s1. The molecule has 5 aromatic rings. The van der Waals surface area contributed by atoms with Crippen molar-refractivity contribution in [2.24, 2.45) is 0 Å². The lowest BCUT2D eigenvalue weighted by Crippen LogP contribution is -2.45. The molecule has 2 N–H and O–H groups in total. The first-order valence-electron chi connectivity index (χ1n) is 15.9. The van der Waals surface area contributed by atoms with E-state index in [2.05, 4.69) is 53.6 Å². The number of pyridine rings is 1. The maximum atomic E-state index is 13.8. The normalized spacial score (nSPS) is 18.1. The molecule has 5 heterocycles. The number of amides is 2. The maximum Gasteiger partial charge on any atom is 0.241 e. The number of nitrogens with one attached hydrogen (secondary N) is 2. The molecule has 0 unspecified atom stereocenters. The number of thioether (sulfide) groups is 1. The van der Waals surface area contributed by atoms with Gasteiger partial charge in [0.15, 0.2) is 5.82 Å². The summed E-state index contributed by atoms with van der Waals surface area (Å²) in [6, 6.07) is 19.5. The highest BCUT2D eigenvalue weighted by Crippen LogP contribution is 2.36. The molecular formula is C36H36N8O3S. The van der Waals surface area contributed by atoms with E-state index in [0.717, 1.165) is 39.7 Å². The van der Waals surface area contributed by atoms with Gasteiger partial charge in [-0.3, -0.25) is 19.6 Å². The molecule has 48 heavy (non-hydrogen) atoms. The van der Waals surface area contributed by atoms with Crippen LogP contribution in [0.2, 0.25) is 0 Å². The van der Waals surface area contributed by atoms with Gasteiger partial charge in [0, 0.05) is 73.0 Å². The van der Waals surface area contributed by atoms with E-state index < -0.39 is 4.75 Å². The van der Waals surface area contributed by atoms with Crippen molar-refractivity contribution >= 4 is 45.7 Å². The zero-order valence-corrected chi connectivity index (χ0v) is 27.7. The first-order valence-corrected chi connectivity index (χ1v) is 17.1. The smallest absolute Gasteiger partial charge is 0.241 e. The van der Waals surface area contributed by atoms with Gasteiger partial charge in [0.1, 0.15) is 10.4 Å². The molecule has 0 spiro atoms. The van der Waals surface area contributed by atoms with Crippen LogP contribution in [0.4, 0.5) is 5.69 Å². The molecule has 12 heteroatoms. The number of fused-ring (bicyclic) bond motifs is 1. The molecule has 2 amide bonds. The van der Waals surface area contributed by atoms with Gasteiger partial charge in [-0.25, -0.2) is 15.0 Å². The van der Waals surface area contributed by atoms with Crippen molar-refractivity contribution in [3.05, 3.63) is 90.9 Å². The number of likely N-dealkylation sites (tertiary alicyclic amines) is 1. The summed E-state index contributed by atoms with van der Waals surface area (Å²) in [6.07, 6.45) is 10.7. The lowest BCUT2D eigenvalue weighted by Gasteiger charge is -2.29. The zero-order valence-electron chi connectivity index (χ0n) is 26.8. The minimum atomic E-state index is -0.654. The Kier molecular flexibility index (Phi) is 8.92. The molecule has 0 bridgehead atoms. The quantitative estimate of drug-likeness (QED) is 0.221. The van der Waals surface area contributed by atoms with Crippen molar-refractivity contribution in [1.29, 1.82) is 0 Å². The Hall–Kier alpha value is -5.07. The number of hydrogen-bond acceptors (Lipinski definition) is 9. The molecule has 7 rings (SSSR count). The molecule has 2 aliphatic rings. The van der Waals surface area contributed by atoms with Gasteiger partial charge in [-0.05, 0) is 60.6 Å². The fourth-order valence-electron chi connectivity index (χ4n) is 6.39. The monoisotopic (exact) mass is 660 g/mol. The van der Waals surface area contributed by atoms with Crippen LogP contribution in [0, 0.1) is 0 Å². The molecule has 1 saturated heterocycles. The zero-order chi connectivity index (χ0) is 33.1. The Morgan fingerprint density at radius 3 is 2.54 bits per heavy atom. The molecule has 1 atom stereocenters. The van der Waals surface area contributed by atoms with Crippen LogP contribution in [0.3, 0.4) is 0 Å². The summed E-state index contributed by atoms with van der Waals surface area (Å²) in [4.78, 5) is 44.0. The van der Waals surface area contributed by atoms with Crippen molar-refractivity contribution in [1.82, 2.24) is 34.9 Å². The van der Waals surface area contributed by atoms with E-state index in [9.17, 15) is 9.59 Å². The Morgan fingerprint density at radius 2 is 1.79 bits per heavy atom. The van der Waals surface area contributed by atoms with Gasteiger partial charge >= 0.3 is 0 Å². The molecule has 0 radical (unpaired) electrons. The van der Waals surface area contributed by atoms with Gasteiger partial charge in [0.25, 0.3) is 0 Å². The number of hydrogen-bond donors (Lipinski definition) is 2. The highest BCUT2D eigenvalue weighted by atomic mass is 32.2. The lowest BCUT2D eigenvalue weighted by molar-refractivity contribution is -0.132. The second-order valence-corrected chi connectivity index (χ2v) is 13.2. The first kappa shape index (κ1) is 31.5. The number of nitrogens with zero attached hydrogens (tertiary/aromatic N) is 6. The summed E-state index contributed by atoms with van der Waals surface area (Å²) in [5.41, 5.74) is 6.53. The van der Waals surface area contributed by atoms with Crippen LogP contribution in [0.1, 0.15) is 18.4 Å². The predicted molar refractivity (Wildman–Crippen MR) is 188 cm³/mol. The number of benzene rings is 2. The molecule has 3 aromatic heterocycles. The van der Waals surface area contributed by atoms with E-state index in [0.29, 0.717) is 56.5 Å². The van der Waals surface area contributed by atoms with Crippen molar-refractivity contribution < 1.29 is 14.3 Å². The number of aromatic nitrogens is 5. The van der Waals surface area contributed by atoms with Gasteiger partial charge in [0.2, 0.25) is 17.7 Å². The Morgan fingerprint density at radius 1 is 0.979 bits per heavy atom. The van der Waals surface area contributed by atoms with E-state index in [1.807, 2.05) is 53.6 Å². The van der Waals surface area contributed by atoms with Crippen LogP contribution in [-0.4, -0.2) is 97.6 Å². The van der Waals surface area contributed by atoms with Gasteiger partial charge < -0.3 is 15.0 Å². The van der Waals surface area contributed by atoms with E-state index in [4.69, 9.17) is 4.74 Å². The van der Waals surface area contributed by atoms with Crippen LogP contribution >= 0.6 is 11.8 Å². The van der Waals surface area contributed by atoms with Gasteiger partial charge in [-0.2, -0.15) is 5.10 Å². The molecule has 244 valence electrons. The van der Waals surface area contributed by atoms with Crippen molar-refractivity contribution in [2.75, 3.05) is 51.4 Å². The number of ether oxygens (including phenoxy) is 1. The summed E-state index contributed by atoms with van der Waals surface area (Å²) in [7, 11) is 1.58. The molecular weight excluding hydrogens is 625 g/mol. The van der Waals surface area contributed by atoms with Crippen LogP contribution in [-0.2, 0) is 9.59 Å². The Balaban J connectivity index is 0.964. The fraction of sp³-hybridized carbons (Fsp3) is 0.278. The number of anilines is 1. The topological polar surface area (TPSA) is 129 Å². The fourth-order valence-corrected chi connectivity index (χ4v) is 7.24. The Labute approximate surface area is 282 Å². The average molecular weight is 661 g/mol. The second-order valence-electron chi connectivity index (χ2n) is 12.0. The third-order valence-electron chi connectivity index (χ3n) is 9.15. The minimum Gasteiger partial charge on any atom is -0.481 e. The summed E-state index contributed by atoms with van der Waals surface area (Å²) < 4.78 is 4.63.